The van der Waals surface area contributed by atoms with Gasteiger partial charge in [-0.25, -0.2) is 0 Å². The van der Waals surface area contributed by atoms with Gasteiger partial charge in [0.05, 0.1) is 12.5 Å². The zero-order chi connectivity index (χ0) is 11.3. The number of rotatable bonds is 5. The standard InChI is InChI=1S/C10H20N2O2S/c1-7(9(6-13)15-2)12-10(14)8-3-4-11-5-8/h7-9,11,13H,3-6H2,1-2H3,(H,12,14). The first-order valence-electron chi connectivity index (χ1n) is 5.33. The Bertz CT molecular complexity index is 204. The molecule has 0 bridgehead atoms. The fraction of sp³-hybridized carbons (Fsp3) is 0.900. The second-order valence-corrected chi connectivity index (χ2v) is 5.02. The molecule has 88 valence electrons. The molecule has 0 radical (unpaired) electrons. The van der Waals surface area contributed by atoms with Crippen LogP contribution in [0.5, 0.6) is 0 Å². The Balaban J connectivity index is 2.35. The average Bonchev–Trinajstić information content (AvgIpc) is 2.72. The molecule has 0 saturated carbocycles. The number of carbonyl (C=O) groups is 1. The van der Waals surface area contributed by atoms with Crippen LogP contribution in [0, 0.1) is 5.92 Å². The van der Waals surface area contributed by atoms with E-state index in [0.29, 0.717) is 0 Å². The van der Waals surface area contributed by atoms with Crippen LogP contribution in [-0.4, -0.2) is 48.3 Å². The van der Waals surface area contributed by atoms with E-state index in [9.17, 15) is 4.79 Å². The van der Waals surface area contributed by atoms with Gasteiger partial charge in [0.2, 0.25) is 5.91 Å². The lowest BCUT2D eigenvalue weighted by Gasteiger charge is -2.22. The van der Waals surface area contributed by atoms with Crippen molar-refractivity contribution in [1.29, 1.82) is 0 Å². The van der Waals surface area contributed by atoms with Gasteiger partial charge in [-0.2, -0.15) is 11.8 Å². The van der Waals surface area contributed by atoms with Crippen LogP contribution < -0.4 is 10.6 Å². The van der Waals surface area contributed by atoms with Crippen molar-refractivity contribution in [2.45, 2.75) is 24.6 Å². The van der Waals surface area contributed by atoms with Crippen LogP contribution >= 0.6 is 11.8 Å². The fourth-order valence-electron chi connectivity index (χ4n) is 1.75. The highest BCUT2D eigenvalue weighted by Crippen LogP contribution is 2.12. The Morgan fingerprint density at radius 1 is 1.73 bits per heavy atom. The van der Waals surface area contributed by atoms with Crippen molar-refractivity contribution in [3.63, 3.8) is 0 Å². The van der Waals surface area contributed by atoms with Gasteiger partial charge in [-0.05, 0) is 26.1 Å². The first-order chi connectivity index (χ1) is 7.19. The van der Waals surface area contributed by atoms with Crippen molar-refractivity contribution >= 4 is 17.7 Å². The monoisotopic (exact) mass is 232 g/mol. The highest BCUT2D eigenvalue weighted by Gasteiger charge is 2.25. The van der Waals surface area contributed by atoms with Crippen molar-refractivity contribution in [3.8, 4) is 0 Å². The van der Waals surface area contributed by atoms with Gasteiger partial charge in [0.25, 0.3) is 0 Å². The summed E-state index contributed by atoms with van der Waals surface area (Å²) in [6.07, 6.45) is 2.86. The van der Waals surface area contributed by atoms with E-state index in [1.165, 1.54) is 0 Å². The Hall–Kier alpha value is -0.260. The van der Waals surface area contributed by atoms with Crippen LogP contribution in [0.3, 0.4) is 0 Å². The molecule has 0 aliphatic carbocycles. The highest BCUT2D eigenvalue weighted by molar-refractivity contribution is 7.99. The minimum absolute atomic E-state index is 0.0260. The first-order valence-corrected chi connectivity index (χ1v) is 6.62. The maximum atomic E-state index is 11.8. The van der Waals surface area contributed by atoms with E-state index in [1.807, 2.05) is 13.2 Å². The summed E-state index contributed by atoms with van der Waals surface area (Å²) in [6, 6.07) is 0.0260. The molecule has 1 rings (SSSR count). The maximum Gasteiger partial charge on any atom is 0.224 e. The SMILES string of the molecule is CSC(CO)C(C)NC(=O)C1CCNC1. The molecule has 3 N–H and O–H groups in total. The molecule has 1 fully saturated rings. The van der Waals surface area contributed by atoms with Gasteiger partial charge < -0.3 is 15.7 Å². The molecule has 3 atom stereocenters. The molecule has 1 heterocycles. The molecule has 1 aliphatic heterocycles. The van der Waals surface area contributed by atoms with Gasteiger partial charge in [-0.3, -0.25) is 4.79 Å². The van der Waals surface area contributed by atoms with E-state index >= 15 is 0 Å². The Labute approximate surface area is 95.2 Å². The number of aliphatic hydroxyl groups is 1. The van der Waals surface area contributed by atoms with E-state index in [0.717, 1.165) is 19.5 Å². The van der Waals surface area contributed by atoms with Gasteiger partial charge >= 0.3 is 0 Å². The average molecular weight is 232 g/mol. The summed E-state index contributed by atoms with van der Waals surface area (Å²) in [5.74, 6) is 0.216. The zero-order valence-electron chi connectivity index (χ0n) is 9.32. The molecule has 0 aromatic rings. The molecule has 4 nitrogen and oxygen atoms in total. The molecular weight excluding hydrogens is 212 g/mol. The van der Waals surface area contributed by atoms with E-state index in [1.54, 1.807) is 11.8 Å². The maximum absolute atomic E-state index is 11.8. The van der Waals surface area contributed by atoms with Crippen LogP contribution in [0.1, 0.15) is 13.3 Å². The summed E-state index contributed by atoms with van der Waals surface area (Å²) in [4.78, 5) is 11.8. The van der Waals surface area contributed by atoms with Crippen molar-refractivity contribution in [3.05, 3.63) is 0 Å². The van der Waals surface area contributed by atoms with Crippen LogP contribution in [-0.2, 0) is 4.79 Å². The Morgan fingerprint density at radius 3 is 2.93 bits per heavy atom. The number of thioether (sulfide) groups is 1. The van der Waals surface area contributed by atoms with Crippen molar-refractivity contribution in [2.24, 2.45) is 5.92 Å². The van der Waals surface area contributed by atoms with Gasteiger partial charge in [0.15, 0.2) is 0 Å². The summed E-state index contributed by atoms with van der Waals surface area (Å²) >= 11 is 1.58. The quantitative estimate of drug-likeness (QED) is 0.615. The molecule has 0 aromatic carbocycles. The first kappa shape index (κ1) is 12.8. The fourth-order valence-corrected chi connectivity index (χ4v) is 2.38. The third-order valence-corrected chi connectivity index (χ3v) is 4.00. The van der Waals surface area contributed by atoms with Crippen LogP contribution in [0.15, 0.2) is 0 Å². The lowest BCUT2D eigenvalue weighted by molar-refractivity contribution is -0.125. The smallest absolute Gasteiger partial charge is 0.224 e. The lowest BCUT2D eigenvalue weighted by Crippen LogP contribution is -2.44. The zero-order valence-corrected chi connectivity index (χ0v) is 10.1. The number of aliphatic hydroxyl groups excluding tert-OH is 1. The number of amides is 1. The largest absolute Gasteiger partial charge is 0.395 e. The van der Waals surface area contributed by atoms with E-state index in [4.69, 9.17) is 5.11 Å². The van der Waals surface area contributed by atoms with Crippen LogP contribution in [0.2, 0.25) is 0 Å². The minimum Gasteiger partial charge on any atom is -0.395 e. The second-order valence-electron chi connectivity index (χ2n) is 3.94. The topological polar surface area (TPSA) is 61.4 Å². The predicted molar refractivity (Wildman–Crippen MR) is 63.0 cm³/mol. The van der Waals surface area contributed by atoms with E-state index in [-0.39, 0.29) is 29.7 Å². The Kier molecular flexibility index (Phi) is 5.42. The minimum atomic E-state index is 0.0260. The number of hydrogen-bond acceptors (Lipinski definition) is 4. The van der Waals surface area contributed by atoms with Gasteiger partial charge in [-0.15, -0.1) is 0 Å². The lowest BCUT2D eigenvalue weighted by atomic mass is 10.1. The Morgan fingerprint density at radius 2 is 2.47 bits per heavy atom. The molecule has 1 saturated heterocycles. The number of carbonyl (C=O) groups excluding carboxylic acids is 1. The predicted octanol–water partition coefficient (Wildman–Crippen LogP) is -0.175. The van der Waals surface area contributed by atoms with E-state index < -0.39 is 0 Å². The van der Waals surface area contributed by atoms with Crippen molar-refractivity contribution < 1.29 is 9.90 Å². The molecule has 3 unspecified atom stereocenters. The summed E-state index contributed by atoms with van der Waals surface area (Å²) in [7, 11) is 0. The van der Waals surface area contributed by atoms with Gasteiger partial charge in [0, 0.05) is 17.8 Å². The van der Waals surface area contributed by atoms with Gasteiger partial charge in [-0.1, -0.05) is 0 Å². The molecular formula is C10H20N2O2S. The normalized spacial score (nSPS) is 24.9. The summed E-state index contributed by atoms with van der Waals surface area (Å²) in [6.45, 7) is 3.75. The molecule has 1 aliphatic rings. The molecule has 1 amide bonds. The molecule has 15 heavy (non-hydrogen) atoms. The van der Waals surface area contributed by atoms with Gasteiger partial charge in [0.1, 0.15) is 0 Å². The third-order valence-electron chi connectivity index (χ3n) is 2.84. The van der Waals surface area contributed by atoms with Crippen molar-refractivity contribution in [1.82, 2.24) is 10.6 Å². The third kappa shape index (κ3) is 3.66. The summed E-state index contributed by atoms with van der Waals surface area (Å²) in [5, 5.41) is 15.3. The summed E-state index contributed by atoms with van der Waals surface area (Å²) in [5.41, 5.74) is 0. The molecule has 0 aromatic heterocycles. The molecule has 0 spiro atoms. The molecule has 5 heteroatoms. The van der Waals surface area contributed by atoms with E-state index in [2.05, 4.69) is 10.6 Å². The number of hydrogen-bond donors (Lipinski definition) is 3. The number of nitrogens with one attached hydrogen (secondary N) is 2. The highest BCUT2D eigenvalue weighted by atomic mass is 32.2. The summed E-state index contributed by atoms with van der Waals surface area (Å²) < 4.78 is 0. The second kappa shape index (κ2) is 6.35. The van der Waals surface area contributed by atoms with Crippen molar-refractivity contribution in [2.75, 3.05) is 26.0 Å². The van der Waals surface area contributed by atoms with Crippen LogP contribution in [0.4, 0.5) is 0 Å². The van der Waals surface area contributed by atoms with Crippen LogP contribution in [0.25, 0.3) is 0 Å².